The third kappa shape index (κ3) is 1.46. The van der Waals surface area contributed by atoms with Gasteiger partial charge in [0.2, 0.25) is 0 Å². The summed E-state index contributed by atoms with van der Waals surface area (Å²) in [6.07, 6.45) is 4.71. The Morgan fingerprint density at radius 3 is 3.25 bits per heavy atom. The van der Waals surface area contributed by atoms with E-state index in [0.29, 0.717) is 6.04 Å². The lowest BCUT2D eigenvalue weighted by molar-refractivity contribution is 0.614. The average molecular weight is 217 g/mol. The van der Waals surface area contributed by atoms with Gasteiger partial charge in [-0.25, -0.2) is 4.98 Å². The monoisotopic (exact) mass is 217 g/mol. The fraction of sp³-hybridized carbons (Fsp3) is 0.417. The largest absolute Gasteiger partial charge is 0.464 e. The van der Waals surface area contributed by atoms with Gasteiger partial charge < -0.3 is 14.6 Å². The van der Waals surface area contributed by atoms with Crippen LogP contribution in [0.4, 0.5) is 5.82 Å². The first-order valence-corrected chi connectivity index (χ1v) is 5.63. The van der Waals surface area contributed by atoms with Crippen LogP contribution in [0, 0.1) is 0 Å². The molecule has 16 heavy (non-hydrogen) atoms. The Labute approximate surface area is 94.3 Å². The number of aromatic nitrogens is 1. The van der Waals surface area contributed by atoms with E-state index in [4.69, 9.17) is 4.42 Å². The van der Waals surface area contributed by atoms with Crippen molar-refractivity contribution in [2.45, 2.75) is 12.5 Å². The van der Waals surface area contributed by atoms with E-state index in [2.05, 4.69) is 15.2 Å². The molecule has 0 aromatic carbocycles. The second kappa shape index (κ2) is 3.79. The molecule has 0 spiro atoms. The van der Waals surface area contributed by atoms with Crippen molar-refractivity contribution in [2.75, 3.05) is 25.0 Å². The van der Waals surface area contributed by atoms with Gasteiger partial charge in [-0.2, -0.15) is 0 Å². The fourth-order valence-corrected chi connectivity index (χ4v) is 2.32. The van der Waals surface area contributed by atoms with E-state index < -0.39 is 0 Å². The first kappa shape index (κ1) is 9.66. The smallest absolute Gasteiger partial charge is 0.139 e. The summed E-state index contributed by atoms with van der Waals surface area (Å²) in [5.74, 6) is 1.05. The number of nitrogens with zero attached hydrogens (tertiary/aromatic N) is 2. The predicted octanol–water partition coefficient (Wildman–Crippen LogP) is 1.63. The Balaban J connectivity index is 1.97. The molecule has 0 aliphatic carbocycles. The van der Waals surface area contributed by atoms with E-state index in [1.807, 2.05) is 25.4 Å². The van der Waals surface area contributed by atoms with Gasteiger partial charge in [-0.05, 0) is 25.6 Å². The number of fused-ring (bicyclic) bond motifs is 1. The molecule has 1 fully saturated rings. The molecule has 4 heteroatoms. The van der Waals surface area contributed by atoms with Gasteiger partial charge in [-0.3, -0.25) is 0 Å². The lowest BCUT2D eigenvalue weighted by Gasteiger charge is -2.17. The molecule has 2 aromatic rings. The molecule has 0 amide bonds. The van der Waals surface area contributed by atoms with Crippen LogP contribution in [-0.4, -0.2) is 31.2 Å². The molecule has 1 aliphatic heterocycles. The number of nitrogens with one attached hydrogen (secondary N) is 1. The summed E-state index contributed by atoms with van der Waals surface area (Å²) in [6, 6.07) is 4.47. The van der Waals surface area contributed by atoms with E-state index in [1.54, 1.807) is 6.26 Å². The van der Waals surface area contributed by atoms with Crippen LogP contribution in [0.15, 0.2) is 29.0 Å². The second-order valence-electron chi connectivity index (χ2n) is 4.19. The number of furan rings is 1. The van der Waals surface area contributed by atoms with Crippen molar-refractivity contribution in [2.24, 2.45) is 0 Å². The van der Waals surface area contributed by atoms with Crippen LogP contribution in [0.2, 0.25) is 0 Å². The van der Waals surface area contributed by atoms with E-state index in [-0.39, 0.29) is 0 Å². The van der Waals surface area contributed by atoms with Crippen molar-refractivity contribution in [1.29, 1.82) is 0 Å². The van der Waals surface area contributed by atoms with Crippen LogP contribution in [0.25, 0.3) is 11.0 Å². The molecule has 4 nitrogen and oxygen atoms in total. The summed E-state index contributed by atoms with van der Waals surface area (Å²) < 4.78 is 5.39. The van der Waals surface area contributed by atoms with E-state index in [9.17, 15) is 0 Å². The maximum absolute atomic E-state index is 5.39. The molecule has 1 N–H and O–H groups in total. The molecule has 1 atom stereocenters. The van der Waals surface area contributed by atoms with Gasteiger partial charge >= 0.3 is 0 Å². The number of anilines is 1. The SMILES string of the molecule is CNC1CCN(c2nccc3occc23)C1. The number of rotatable bonds is 2. The van der Waals surface area contributed by atoms with Crippen LogP contribution in [0.5, 0.6) is 0 Å². The third-order valence-corrected chi connectivity index (χ3v) is 3.25. The maximum atomic E-state index is 5.39. The number of likely N-dealkylation sites (N-methyl/N-ethyl adjacent to an activating group) is 1. The highest BCUT2D eigenvalue weighted by atomic mass is 16.3. The Bertz CT molecular complexity index is 494. The molecule has 3 rings (SSSR count). The first-order valence-electron chi connectivity index (χ1n) is 5.63. The standard InChI is InChI=1S/C12H15N3O/c1-13-9-3-6-15(8-9)12-10-4-7-16-11(10)2-5-14-12/h2,4-5,7,9,13H,3,6,8H2,1H3. The van der Waals surface area contributed by atoms with Crippen LogP contribution in [-0.2, 0) is 0 Å². The number of pyridine rings is 1. The van der Waals surface area contributed by atoms with Gasteiger partial charge in [0, 0.05) is 25.3 Å². The van der Waals surface area contributed by atoms with Crippen molar-refractivity contribution in [1.82, 2.24) is 10.3 Å². The number of hydrogen-bond donors (Lipinski definition) is 1. The van der Waals surface area contributed by atoms with Crippen molar-refractivity contribution in [3.63, 3.8) is 0 Å². The van der Waals surface area contributed by atoms with Crippen molar-refractivity contribution in [3.05, 3.63) is 24.6 Å². The summed E-state index contributed by atoms with van der Waals surface area (Å²) >= 11 is 0. The lowest BCUT2D eigenvalue weighted by Crippen LogP contribution is -2.29. The van der Waals surface area contributed by atoms with Crippen LogP contribution in [0.3, 0.4) is 0 Å². The minimum Gasteiger partial charge on any atom is -0.464 e. The topological polar surface area (TPSA) is 41.3 Å². The Morgan fingerprint density at radius 1 is 1.50 bits per heavy atom. The van der Waals surface area contributed by atoms with Crippen LogP contribution < -0.4 is 10.2 Å². The van der Waals surface area contributed by atoms with Crippen LogP contribution >= 0.6 is 0 Å². The summed E-state index contributed by atoms with van der Waals surface area (Å²) in [5.41, 5.74) is 0.915. The summed E-state index contributed by atoms with van der Waals surface area (Å²) in [6.45, 7) is 2.08. The molecule has 1 unspecified atom stereocenters. The molecule has 0 bridgehead atoms. The van der Waals surface area contributed by atoms with Gasteiger partial charge in [-0.15, -0.1) is 0 Å². The van der Waals surface area contributed by atoms with Gasteiger partial charge in [0.05, 0.1) is 11.6 Å². The Hall–Kier alpha value is -1.55. The van der Waals surface area contributed by atoms with Crippen molar-refractivity contribution < 1.29 is 4.42 Å². The highest BCUT2D eigenvalue weighted by molar-refractivity contribution is 5.88. The fourth-order valence-electron chi connectivity index (χ4n) is 2.32. The second-order valence-corrected chi connectivity index (χ2v) is 4.19. The first-order chi connectivity index (χ1) is 7.88. The molecule has 1 saturated heterocycles. The molecule has 0 saturated carbocycles. The van der Waals surface area contributed by atoms with E-state index in [0.717, 1.165) is 29.9 Å². The number of hydrogen-bond acceptors (Lipinski definition) is 4. The van der Waals surface area contributed by atoms with E-state index >= 15 is 0 Å². The van der Waals surface area contributed by atoms with Gasteiger partial charge in [0.25, 0.3) is 0 Å². The molecule has 0 radical (unpaired) electrons. The van der Waals surface area contributed by atoms with Crippen LogP contribution in [0.1, 0.15) is 6.42 Å². The Morgan fingerprint density at radius 2 is 2.44 bits per heavy atom. The Kier molecular flexibility index (Phi) is 2.29. The lowest BCUT2D eigenvalue weighted by atomic mass is 10.3. The molecule has 2 aromatic heterocycles. The van der Waals surface area contributed by atoms with Gasteiger partial charge in [0.15, 0.2) is 0 Å². The predicted molar refractivity (Wildman–Crippen MR) is 63.7 cm³/mol. The normalized spacial score (nSPS) is 20.8. The quantitative estimate of drug-likeness (QED) is 0.830. The molecule has 84 valence electrons. The summed E-state index contributed by atoms with van der Waals surface area (Å²) in [5, 5.41) is 4.42. The summed E-state index contributed by atoms with van der Waals surface area (Å²) in [4.78, 5) is 6.79. The molecular formula is C12H15N3O. The minimum atomic E-state index is 0.573. The molecule has 1 aliphatic rings. The highest BCUT2D eigenvalue weighted by Gasteiger charge is 2.23. The van der Waals surface area contributed by atoms with Gasteiger partial charge in [0.1, 0.15) is 11.4 Å². The summed E-state index contributed by atoms with van der Waals surface area (Å²) in [7, 11) is 2.01. The zero-order chi connectivity index (χ0) is 11.0. The highest BCUT2D eigenvalue weighted by Crippen LogP contribution is 2.27. The zero-order valence-corrected chi connectivity index (χ0v) is 9.31. The van der Waals surface area contributed by atoms with E-state index in [1.165, 1.54) is 6.42 Å². The third-order valence-electron chi connectivity index (χ3n) is 3.25. The maximum Gasteiger partial charge on any atom is 0.139 e. The zero-order valence-electron chi connectivity index (χ0n) is 9.31. The van der Waals surface area contributed by atoms with Gasteiger partial charge in [-0.1, -0.05) is 0 Å². The molecule has 3 heterocycles. The average Bonchev–Trinajstić information content (AvgIpc) is 2.97. The minimum absolute atomic E-state index is 0.573. The van der Waals surface area contributed by atoms with Crippen molar-refractivity contribution >= 4 is 16.8 Å². The molecular weight excluding hydrogens is 202 g/mol. The van der Waals surface area contributed by atoms with Crippen molar-refractivity contribution in [3.8, 4) is 0 Å².